The molecular weight excluding hydrogens is 649 g/mol. The Bertz CT molecular complexity index is 2090. The molecule has 4 aromatic rings. The van der Waals surface area contributed by atoms with Crippen LogP contribution in [0.15, 0.2) is 23.4 Å². The summed E-state index contributed by atoms with van der Waals surface area (Å²) in [6.45, 7) is 5.75. The molecule has 2 aliphatic heterocycles. The molecule has 3 aliphatic rings. The molecule has 258 valence electrons. The summed E-state index contributed by atoms with van der Waals surface area (Å²) in [5, 5.41) is 20.9. The van der Waals surface area contributed by atoms with Gasteiger partial charge in [-0.25, -0.2) is 9.97 Å². The van der Waals surface area contributed by atoms with Crippen LogP contribution >= 0.6 is 0 Å². The van der Waals surface area contributed by atoms with Crippen LogP contribution in [0, 0.1) is 13.8 Å². The summed E-state index contributed by atoms with van der Waals surface area (Å²) in [4.78, 5) is 55.5. The van der Waals surface area contributed by atoms with Gasteiger partial charge in [-0.15, -0.1) is 18.3 Å². The lowest BCUT2D eigenvalue weighted by atomic mass is 9.73. The first kappa shape index (κ1) is 32.4. The molecule has 49 heavy (non-hydrogen) atoms. The number of aromatic nitrogens is 8. The highest BCUT2D eigenvalue weighted by atomic mass is 19.4. The van der Waals surface area contributed by atoms with Crippen LogP contribution in [0.4, 0.5) is 18.9 Å². The van der Waals surface area contributed by atoms with Crippen molar-refractivity contribution in [3.05, 3.63) is 63.1 Å². The van der Waals surface area contributed by atoms with Gasteiger partial charge in [0.05, 0.1) is 36.5 Å². The Morgan fingerprint density at radius 1 is 1.18 bits per heavy atom. The lowest BCUT2D eigenvalue weighted by Crippen LogP contribution is -2.46. The monoisotopic (exact) mass is 682 g/mol. The lowest BCUT2D eigenvalue weighted by molar-refractivity contribution is -0.213. The van der Waals surface area contributed by atoms with Gasteiger partial charge in [-0.3, -0.25) is 14.4 Å². The number of rotatable bonds is 5. The van der Waals surface area contributed by atoms with Gasteiger partial charge in [-0.05, 0) is 51.0 Å². The Morgan fingerprint density at radius 3 is 2.61 bits per heavy atom. The quantitative estimate of drug-likeness (QED) is 0.319. The normalized spacial score (nSPS) is 18.9. The first-order valence-corrected chi connectivity index (χ1v) is 15.8. The number of fused-ring (bicyclic) bond motifs is 3. The number of nitrogens with one attached hydrogen (secondary N) is 1. The van der Waals surface area contributed by atoms with Crippen molar-refractivity contribution in [3.8, 4) is 5.75 Å². The molecule has 0 radical (unpaired) electrons. The fraction of sp³-hybridized carbons (Fsp3) is 0.484. The smallest absolute Gasteiger partial charge is 0.504 e. The Labute approximate surface area is 276 Å². The summed E-state index contributed by atoms with van der Waals surface area (Å²) in [6, 6.07) is 0. The van der Waals surface area contributed by atoms with E-state index in [-0.39, 0.29) is 70.1 Å². The molecule has 1 aliphatic carbocycles. The van der Waals surface area contributed by atoms with Crippen molar-refractivity contribution in [2.24, 2.45) is 0 Å². The maximum absolute atomic E-state index is 14.4. The van der Waals surface area contributed by atoms with Crippen LogP contribution in [-0.4, -0.2) is 87.0 Å². The van der Waals surface area contributed by atoms with Gasteiger partial charge >= 0.3 is 6.30 Å². The number of hydrogen-bond acceptors (Lipinski definition) is 10. The minimum Gasteiger partial charge on any atom is -0.504 e. The van der Waals surface area contributed by atoms with Gasteiger partial charge in [-0.1, -0.05) is 13.0 Å². The van der Waals surface area contributed by atoms with Crippen molar-refractivity contribution in [1.29, 1.82) is 0 Å². The van der Waals surface area contributed by atoms with Crippen molar-refractivity contribution in [1.82, 2.24) is 43.8 Å². The van der Waals surface area contributed by atoms with Crippen LogP contribution in [0.5, 0.6) is 5.75 Å². The Morgan fingerprint density at radius 2 is 1.94 bits per heavy atom. The van der Waals surface area contributed by atoms with Crippen LogP contribution < -0.4 is 10.9 Å². The van der Waals surface area contributed by atoms with Crippen molar-refractivity contribution >= 4 is 28.9 Å². The number of alkyl halides is 3. The van der Waals surface area contributed by atoms with Gasteiger partial charge in [0.2, 0.25) is 11.7 Å². The number of nitrogens with zero attached hydrogens (tertiary/aromatic N) is 9. The predicted molar refractivity (Wildman–Crippen MR) is 166 cm³/mol. The van der Waals surface area contributed by atoms with E-state index >= 15 is 0 Å². The molecule has 4 aromatic heterocycles. The molecule has 2 amide bonds. The molecule has 1 atom stereocenters. The second-order valence-corrected chi connectivity index (χ2v) is 12.8. The molecule has 6 heterocycles. The summed E-state index contributed by atoms with van der Waals surface area (Å²) in [6.07, 6.45) is 1.17. The van der Waals surface area contributed by atoms with E-state index in [1.54, 1.807) is 16.4 Å². The zero-order chi connectivity index (χ0) is 34.8. The maximum atomic E-state index is 14.4. The van der Waals surface area contributed by atoms with Crippen molar-refractivity contribution in [2.75, 3.05) is 31.6 Å². The standard InChI is InChI=1S/C31H33F3N10O5/c1-16-12-30(6-8-41(9-7-30)28(48)23-25(46)17(2)35-15-36-23)22-24(16)42(14-21(45)38-20-13-37-44(18(20)3)31(32,33)34)29-39-26(40-43(29)27(22)47)19-4-10-49-11-5-19/h4,13,15-16,46H,5-12,14H2,1-3H3,(H,38,45). The number of carbonyl (C=O) groups excluding carboxylic acids is 2. The highest BCUT2D eigenvalue weighted by Gasteiger charge is 2.49. The van der Waals surface area contributed by atoms with Gasteiger partial charge in [0, 0.05) is 29.8 Å². The van der Waals surface area contributed by atoms with Gasteiger partial charge in [-0.2, -0.15) is 19.3 Å². The molecule has 2 N–H and O–H groups in total. The van der Waals surface area contributed by atoms with Crippen molar-refractivity contribution in [3.63, 3.8) is 0 Å². The fourth-order valence-electron chi connectivity index (χ4n) is 7.38. The molecule has 15 nitrogen and oxygen atoms in total. The van der Waals surface area contributed by atoms with Crippen molar-refractivity contribution in [2.45, 2.75) is 70.6 Å². The fourth-order valence-corrected chi connectivity index (χ4v) is 7.38. The number of hydrogen-bond donors (Lipinski definition) is 2. The minimum absolute atomic E-state index is 0.0905. The van der Waals surface area contributed by atoms with Crippen LogP contribution in [0.3, 0.4) is 0 Å². The number of aromatic hydroxyl groups is 1. The molecule has 0 aromatic carbocycles. The third-order valence-corrected chi connectivity index (χ3v) is 9.77. The average Bonchev–Trinajstić information content (AvgIpc) is 3.75. The molecule has 0 bridgehead atoms. The molecule has 7 rings (SSSR count). The second-order valence-electron chi connectivity index (χ2n) is 12.8. The van der Waals surface area contributed by atoms with E-state index in [4.69, 9.17) is 9.72 Å². The molecule has 1 unspecified atom stereocenters. The third kappa shape index (κ3) is 5.43. The van der Waals surface area contributed by atoms with E-state index in [1.165, 1.54) is 17.8 Å². The van der Waals surface area contributed by atoms with Gasteiger partial charge in [0.15, 0.2) is 17.3 Å². The number of ether oxygens (including phenoxy) is 1. The highest BCUT2D eigenvalue weighted by molar-refractivity contribution is 5.95. The number of amides is 2. The van der Waals surface area contributed by atoms with Crippen LogP contribution in [0.1, 0.15) is 77.5 Å². The number of halogens is 3. The molecule has 18 heteroatoms. The minimum atomic E-state index is -4.76. The topological polar surface area (TPSA) is 175 Å². The molecular formula is C31H33F3N10O5. The number of likely N-dealkylation sites (tertiary alicyclic amines) is 1. The Kier molecular flexibility index (Phi) is 7.79. The summed E-state index contributed by atoms with van der Waals surface area (Å²) in [7, 11) is 0. The van der Waals surface area contributed by atoms with E-state index in [2.05, 4.69) is 25.5 Å². The average molecular weight is 683 g/mol. The number of piperidine rings is 1. The second kappa shape index (κ2) is 11.8. The lowest BCUT2D eigenvalue weighted by Gasteiger charge is -2.39. The van der Waals surface area contributed by atoms with Crippen LogP contribution in [0.25, 0.3) is 11.4 Å². The predicted octanol–water partition coefficient (Wildman–Crippen LogP) is 2.80. The molecule has 1 fully saturated rings. The van der Waals surface area contributed by atoms with E-state index < -0.39 is 23.5 Å². The summed E-state index contributed by atoms with van der Waals surface area (Å²) in [5.74, 6) is -1.12. The SMILES string of the molecule is Cc1ncnc(C(=O)N2CCC3(CC2)CC(C)c2c3c(=O)n3nc(C4=CCOCC4)nc3n2CC(=O)Nc2cnn(C(F)(F)F)c2C)c1O. The van der Waals surface area contributed by atoms with E-state index in [9.17, 15) is 32.7 Å². The Balaban J connectivity index is 1.27. The van der Waals surface area contributed by atoms with Gasteiger partial charge in [0.1, 0.15) is 12.9 Å². The summed E-state index contributed by atoms with van der Waals surface area (Å²) in [5.41, 5.74) is 0.642. The first-order chi connectivity index (χ1) is 23.3. The molecule has 0 saturated carbocycles. The van der Waals surface area contributed by atoms with Crippen LogP contribution in [0.2, 0.25) is 0 Å². The zero-order valence-corrected chi connectivity index (χ0v) is 26.9. The van der Waals surface area contributed by atoms with E-state index in [0.29, 0.717) is 56.0 Å². The number of aryl methyl sites for hydroxylation is 1. The third-order valence-electron chi connectivity index (χ3n) is 9.77. The Hall–Kier alpha value is -5.13. The van der Waals surface area contributed by atoms with Gasteiger partial charge in [0.25, 0.3) is 11.5 Å². The van der Waals surface area contributed by atoms with E-state index in [1.807, 2.05) is 13.0 Å². The first-order valence-electron chi connectivity index (χ1n) is 15.8. The highest BCUT2D eigenvalue weighted by Crippen LogP contribution is 2.50. The van der Waals surface area contributed by atoms with Gasteiger partial charge < -0.3 is 24.6 Å². The zero-order valence-electron chi connectivity index (χ0n) is 26.9. The van der Waals surface area contributed by atoms with E-state index in [0.717, 1.165) is 11.8 Å². The molecule has 1 saturated heterocycles. The number of carbonyl (C=O) groups is 2. The molecule has 1 spiro atoms. The maximum Gasteiger partial charge on any atom is 0.504 e. The summed E-state index contributed by atoms with van der Waals surface area (Å²) >= 11 is 0. The number of anilines is 1. The van der Waals surface area contributed by atoms with Crippen LogP contribution in [-0.2, 0) is 27.8 Å². The largest absolute Gasteiger partial charge is 0.504 e. The van der Waals surface area contributed by atoms with Crippen molar-refractivity contribution < 1.29 is 32.6 Å². The summed E-state index contributed by atoms with van der Waals surface area (Å²) < 4.78 is 48.2.